The predicted octanol–water partition coefficient (Wildman–Crippen LogP) is 1.39. The third-order valence-corrected chi connectivity index (χ3v) is 4.75. The molecule has 19 heavy (non-hydrogen) atoms. The van der Waals surface area contributed by atoms with E-state index in [1.165, 1.54) is 0 Å². The average Bonchev–Trinajstić information content (AvgIpc) is 2.75. The Morgan fingerprint density at radius 2 is 2.21 bits per heavy atom. The van der Waals surface area contributed by atoms with Gasteiger partial charge in [0.15, 0.2) is 0 Å². The van der Waals surface area contributed by atoms with Crippen molar-refractivity contribution in [1.82, 2.24) is 15.8 Å². The van der Waals surface area contributed by atoms with E-state index in [0.717, 1.165) is 42.9 Å². The summed E-state index contributed by atoms with van der Waals surface area (Å²) in [5.74, 6) is 1.40. The number of amides is 1. The second-order valence-electron chi connectivity index (χ2n) is 4.84. The highest BCUT2D eigenvalue weighted by Crippen LogP contribution is 2.19. The molecule has 1 aromatic rings. The van der Waals surface area contributed by atoms with Crippen LogP contribution in [0.25, 0.3) is 0 Å². The molecular formula is C13H21N3O2S. The number of piperidine rings is 1. The number of hydrogen-bond donors (Lipinski definition) is 2. The van der Waals surface area contributed by atoms with Crippen LogP contribution in [0.15, 0.2) is 4.52 Å². The van der Waals surface area contributed by atoms with Crippen molar-refractivity contribution >= 4 is 17.7 Å². The van der Waals surface area contributed by atoms with Gasteiger partial charge >= 0.3 is 0 Å². The maximum atomic E-state index is 11.8. The van der Waals surface area contributed by atoms with Gasteiger partial charge < -0.3 is 15.2 Å². The molecule has 2 N–H and O–H groups in total. The van der Waals surface area contributed by atoms with E-state index in [1.807, 2.05) is 13.8 Å². The Kier molecular flexibility index (Phi) is 5.27. The second-order valence-corrected chi connectivity index (χ2v) is 6.13. The minimum absolute atomic E-state index is 0.0866. The standard InChI is InChI=1S/C13H21N3O2S/c1-9-12(10(2)18-16-9)7-15-13(17)8-19-11-3-5-14-6-4-11/h11,14H,3-8H2,1-2H3,(H,15,17). The number of carbonyl (C=O) groups is 1. The van der Waals surface area contributed by atoms with Crippen molar-refractivity contribution in [1.29, 1.82) is 0 Å². The van der Waals surface area contributed by atoms with Gasteiger partial charge in [-0.25, -0.2) is 0 Å². The highest BCUT2D eigenvalue weighted by atomic mass is 32.2. The first-order valence-electron chi connectivity index (χ1n) is 6.67. The van der Waals surface area contributed by atoms with Crippen molar-refractivity contribution in [3.8, 4) is 0 Å². The molecule has 1 aromatic heterocycles. The average molecular weight is 283 g/mol. The Hall–Kier alpha value is -1.01. The molecule has 5 nitrogen and oxygen atoms in total. The summed E-state index contributed by atoms with van der Waals surface area (Å²) < 4.78 is 5.07. The number of carbonyl (C=O) groups excluding carboxylic acids is 1. The Morgan fingerprint density at radius 3 is 2.84 bits per heavy atom. The first-order chi connectivity index (χ1) is 9.16. The van der Waals surface area contributed by atoms with E-state index < -0.39 is 0 Å². The zero-order valence-corrected chi connectivity index (χ0v) is 12.3. The lowest BCUT2D eigenvalue weighted by Crippen LogP contribution is -2.31. The highest BCUT2D eigenvalue weighted by molar-refractivity contribution is 8.00. The van der Waals surface area contributed by atoms with Gasteiger partial charge in [0.05, 0.1) is 11.4 Å². The fourth-order valence-electron chi connectivity index (χ4n) is 2.15. The van der Waals surface area contributed by atoms with Gasteiger partial charge in [0, 0.05) is 17.4 Å². The summed E-state index contributed by atoms with van der Waals surface area (Å²) in [4.78, 5) is 11.8. The summed E-state index contributed by atoms with van der Waals surface area (Å²) in [5.41, 5.74) is 1.84. The number of aryl methyl sites for hydroxylation is 2. The molecule has 106 valence electrons. The van der Waals surface area contributed by atoms with E-state index in [4.69, 9.17) is 4.52 Å². The fraction of sp³-hybridized carbons (Fsp3) is 0.692. The van der Waals surface area contributed by atoms with Crippen molar-refractivity contribution in [2.45, 2.75) is 38.5 Å². The molecule has 2 heterocycles. The molecule has 2 rings (SSSR count). The van der Waals surface area contributed by atoms with E-state index >= 15 is 0 Å². The Balaban J connectivity index is 1.69. The minimum atomic E-state index is 0.0866. The topological polar surface area (TPSA) is 67.2 Å². The van der Waals surface area contributed by atoms with E-state index in [2.05, 4.69) is 15.8 Å². The van der Waals surface area contributed by atoms with Crippen molar-refractivity contribution < 1.29 is 9.32 Å². The van der Waals surface area contributed by atoms with Crippen molar-refractivity contribution in [2.24, 2.45) is 0 Å². The molecule has 1 aliphatic rings. The predicted molar refractivity (Wildman–Crippen MR) is 76.2 cm³/mol. The van der Waals surface area contributed by atoms with Crippen molar-refractivity contribution in [3.63, 3.8) is 0 Å². The molecule has 0 aromatic carbocycles. The van der Waals surface area contributed by atoms with E-state index in [-0.39, 0.29) is 5.91 Å². The van der Waals surface area contributed by atoms with Crippen LogP contribution in [-0.2, 0) is 11.3 Å². The number of rotatable bonds is 5. The zero-order chi connectivity index (χ0) is 13.7. The molecule has 1 saturated heterocycles. The van der Waals surface area contributed by atoms with Crippen LogP contribution in [0.1, 0.15) is 29.9 Å². The molecule has 0 spiro atoms. The Morgan fingerprint density at radius 1 is 1.47 bits per heavy atom. The molecule has 1 amide bonds. The van der Waals surface area contributed by atoms with Gasteiger partial charge in [0.25, 0.3) is 0 Å². The summed E-state index contributed by atoms with van der Waals surface area (Å²) in [5, 5.41) is 10.7. The van der Waals surface area contributed by atoms with E-state index in [0.29, 0.717) is 17.5 Å². The number of hydrogen-bond acceptors (Lipinski definition) is 5. The first-order valence-corrected chi connectivity index (χ1v) is 7.72. The van der Waals surface area contributed by atoms with Gasteiger partial charge in [-0.1, -0.05) is 5.16 Å². The van der Waals surface area contributed by atoms with Gasteiger partial charge in [0.1, 0.15) is 5.76 Å². The minimum Gasteiger partial charge on any atom is -0.361 e. The van der Waals surface area contributed by atoms with Crippen LogP contribution in [0.2, 0.25) is 0 Å². The van der Waals surface area contributed by atoms with Gasteiger partial charge in [0.2, 0.25) is 5.91 Å². The molecule has 0 bridgehead atoms. The van der Waals surface area contributed by atoms with E-state index in [1.54, 1.807) is 11.8 Å². The van der Waals surface area contributed by atoms with Gasteiger partial charge in [-0.2, -0.15) is 0 Å². The van der Waals surface area contributed by atoms with E-state index in [9.17, 15) is 4.79 Å². The Labute approximate surface area is 117 Å². The van der Waals surface area contributed by atoms with Gasteiger partial charge in [-0.05, 0) is 39.8 Å². The monoisotopic (exact) mass is 283 g/mol. The van der Waals surface area contributed by atoms with Crippen LogP contribution in [0.4, 0.5) is 0 Å². The van der Waals surface area contributed by atoms with Gasteiger partial charge in [-0.15, -0.1) is 11.8 Å². The maximum absolute atomic E-state index is 11.8. The van der Waals surface area contributed by atoms with Crippen LogP contribution in [0.3, 0.4) is 0 Å². The number of nitrogens with one attached hydrogen (secondary N) is 2. The van der Waals surface area contributed by atoms with Crippen LogP contribution in [0.5, 0.6) is 0 Å². The molecule has 6 heteroatoms. The normalized spacial score (nSPS) is 16.5. The van der Waals surface area contributed by atoms with Crippen LogP contribution in [-0.4, -0.2) is 35.2 Å². The summed E-state index contributed by atoms with van der Waals surface area (Å²) in [6.45, 7) is 6.40. The van der Waals surface area contributed by atoms with Crippen LogP contribution in [0, 0.1) is 13.8 Å². The molecule has 1 aliphatic heterocycles. The Bertz CT molecular complexity index is 408. The second kappa shape index (κ2) is 6.96. The largest absolute Gasteiger partial charge is 0.361 e. The zero-order valence-electron chi connectivity index (χ0n) is 11.5. The first kappa shape index (κ1) is 14.4. The highest BCUT2D eigenvalue weighted by Gasteiger charge is 2.15. The molecule has 0 aliphatic carbocycles. The molecule has 0 radical (unpaired) electrons. The number of nitrogens with zero attached hydrogens (tertiary/aromatic N) is 1. The third-order valence-electron chi connectivity index (χ3n) is 3.38. The summed E-state index contributed by atoms with van der Waals surface area (Å²) in [6.07, 6.45) is 2.31. The SMILES string of the molecule is Cc1noc(C)c1CNC(=O)CSC1CCNCC1. The van der Waals surface area contributed by atoms with Crippen molar-refractivity contribution in [3.05, 3.63) is 17.0 Å². The maximum Gasteiger partial charge on any atom is 0.230 e. The molecule has 0 unspecified atom stereocenters. The number of aromatic nitrogens is 1. The molecule has 0 saturated carbocycles. The summed E-state index contributed by atoms with van der Waals surface area (Å²) in [7, 11) is 0. The molecule has 1 fully saturated rings. The smallest absolute Gasteiger partial charge is 0.230 e. The van der Waals surface area contributed by atoms with Crippen LogP contribution < -0.4 is 10.6 Å². The van der Waals surface area contributed by atoms with Crippen molar-refractivity contribution in [2.75, 3.05) is 18.8 Å². The lowest BCUT2D eigenvalue weighted by molar-refractivity contribution is -0.118. The van der Waals surface area contributed by atoms with Crippen LogP contribution >= 0.6 is 11.8 Å². The fourth-order valence-corrected chi connectivity index (χ4v) is 3.21. The molecule has 0 atom stereocenters. The van der Waals surface area contributed by atoms with Gasteiger partial charge in [-0.3, -0.25) is 4.79 Å². The number of thioether (sulfide) groups is 1. The lowest BCUT2D eigenvalue weighted by Gasteiger charge is -2.21. The quantitative estimate of drug-likeness (QED) is 0.855. The lowest BCUT2D eigenvalue weighted by atomic mass is 10.2. The summed E-state index contributed by atoms with van der Waals surface area (Å²) in [6, 6.07) is 0. The molecular weight excluding hydrogens is 262 g/mol. The summed E-state index contributed by atoms with van der Waals surface area (Å²) >= 11 is 1.76. The third kappa shape index (κ3) is 4.24.